The number of thioether (sulfide) groups is 1. The van der Waals surface area contributed by atoms with E-state index < -0.39 is 0 Å². The number of carbonyl (C=O) groups excluding carboxylic acids is 2. The van der Waals surface area contributed by atoms with Crippen LogP contribution in [0.15, 0.2) is 60.3 Å². The monoisotopic (exact) mass is 489 g/mol. The first-order valence-corrected chi connectivity index (χ1v) is 11.4. The number of carbonyl (C=O) groups is 2. The zero-order chi connectivity index (χ0) is 23.1. The molecule has 0 saturated carbocycles. The number of nitrogens with zero attached hydrogens (tertiary/aromatic N) is 3. The number of benzene rings is 2. The second-order valence-corrected chi connectivity index (χ2v) is 8.62. The van der Waals surface area contributed by atoms with Gasteiger partial charge in [-0.3, -0.25) is 9.59 Å². The molecule has 2 N–H and O–H groups in total. The number of aryl methyl sites for hydroxylation is 1. The zero-order valence-electron chi connectivity index (χ0n) is 17.3. The van der Waals surface area contributed by atoms with Crippen molar-refractivity contribution in [2.45, 2.75) is 25.0 Å². The van der Waals surface area contributed by atoms with Crippen molar-refractivity contribution in [1.29, 1.82) is 0 Å². The van der Waals surface area contributed by atoms with Gasteiger partial charge in [-0.05, 0) is 42.8 Å². The van der Waals surface area contributed by atoms with Gasteiger partial charge in [0.15, 0.2) is 5.16 Å². The molecule has 0 aliphatic heterocycles. The molecule has 0 unspecified atom stereocenters. The van der Waals surface area contributed by atoms with E-state index in [2.05, 4.69) is 27.4 Å². The Bertz CT molecular complexity index is 1150. The summed E-state index contributed by atoms with van der Waals surface area (Å²) in [5.74, 6) is 0.132. The number of anilines is 2. The fraction of sp³-hybridized carbons (Fsp3) is 0.182. The summed E-state index contributed by atoms with van der Waals surface area (Å²) in [5.41, 5.74) is 2.15. The molecule has 3 rings (SSSR count). The third kappa shape index (κ3) is 6.59. The first-order valence-electron chi connectivity index (χ1n) is 9.63. The largest absolute Gasteiger partial charge is 0.326 e. The first kappa shape index (κ1) is 23.8. The molecule has 0 spiro atoms. The van der Waals surface area contributed by atoms with E-state index in [1.807, 2.05) is 13.0 Å². The average molecular weight is 490 g/mol. The van der Waals surface area contributed by atoms with E-state index >= 15 is 0 Å². The number of hydrogen-bond acceptors (Lipinski definition) is 5. The lowest BCUT2D eigenvalue weighted by atomic mass is 10.2. The molecule has 7 nitrogen and oxygen atoms in total. The molecule has 2 amide bonds. The highest BCUT2D eigenvalue weighted by atomic mass is 35.5. The molecule has 0 fully saturated rings. The number of hydrogen-bond donors (Lipinski definition) is 2. The van der Waals surface area contributed by atoms with Crippen LogP contribution in [0.3, 0.4) is 0 Å². The minimum absolute atomic E-state index is 0.0155. The highest BCUT2D eigenvalue weighted by Crippen LogP contribution is 2.21. The Hall–Kier alpha value is -2.81. The highest BCUT2D eigenvalue weighted by molar-refractivity contribution is 7.99. The molecule has 10 heteroatoms. The minimum atomic E-state index is -0.252. The van der Waals surface area contributed by atoms with E-state index in [0.29, 0.717) is 38.9 Å². The van der Waals surface area contributed by atoms with Gasteiger partial charge in [-0.1, -0.05) is 53.2 Å². The van der Waals surface area contributed by atoms with Crippen molar-refractivity contribution in [2.75, 3.05) is 16.4 Å². The van der Waals surface area contributed by atoms with Crippen LogP contribution < -0.4 is 10.6 Å². The summed E-state index contributed by atoms with van der Waals surface area (Å²) in [6.07, 6.45) is 1.70. The summed E-state index contributed by atoms with van der Waals surface area (Å²) in [7, 11) is 0. The Balaban J connectivity index is 1.62. The van der Waals surface area contributed by atoms with Crippen LogP contribution in [0.1, 0.15) is 11.4 Å². The molecule has 0 bridgehead atoms. The Morgan fingerprint density at radius 2 is 1.84 bits per heavy atom. The molecule has 0 atom stereocenters. The van der Waals surface area contributed by atoms with Crippen molar-refractivity contribution in [1.82, 2.24) is 14.8 Å². The zero-order valence-corrected chi connectivity index (χ0v) is 19.6. The lowest BCUT2D eigenvalue weighted by Crippen LogP contribution is -2.18. The number of halogens is 2. The Labute approximate surface area is 200 Å². The smallest absolute Gasteiger partial charge is 0.234 e. The van der Waals surface area contributed by atoms with Crippen LogP contribution in [0.5, 0.6) is 0 Å². The van der Waals surface area contributed by atoms with Crippen molar-refractivity contribution in [3.63, 3.8) is 0 Å². The Morgan fingerprint density at radius 3 is 2.56 bits per heavy atom. The molecule has 3 aromatic rings. The van der Waals surface area contributed by atoms with Crippen molar-refractivity contribution >= 4 is 58.2 Å². The van der Waals surface area contributed by atoms with Crippen molar-refractivity contribution < 1.29 is 9.59 Å². The molecule has 1 heterocycles. The van der Waals surface area contributed by atoms with E-state index in [9.17, 15) is 9.59 Å². The standard InChI is InChI=1S/C22H21Cl2N5O2S/c1-3-9-29-19(12-20(30)25-17-8-7-14(2)18(24)11-17)27-28-22(29)32-13-21(31)26-16-6-4-5-15(23)10-16/h3-8,10-11H,1,9,12-13H2,2H3,(H,25,30)(H,26,31). The third-order valence-electron chi connectivity index (χ3n) is 4.32. The average Bonchev–Trinajstić information content (AvgIpc) is 3.11. The predicted octanol–water partition coefficient (Wildman–Crippen LogP) is 4.99. The van der Waals surface area contributed by atoms with Crippen LogP contribution in [-0.2, 0) is 22.6 Å². The summed E-state index contributed by atoms with van der Waals surface area (Å²) >= 11 is 13.3. The van der Waals surface area contributed by atoms with E-state index in [4.69, 9.17) is 23.2 Å². The van der Waals surface area contributed by atoms with Crippen molar-refractivity contribution in [3.05, 3.63) is 76.6 Å². The van der Waals surface area contributed by atoms with Gasteiger partial charge in [0.1, 0.15) is 5.82 Å². The third-order valence-corrected chi connectivity index (χ3v) is 5.93. The molecular weight excluding hydrogens is 469 g/mol. The molecular formula is C22H21Cl2N5O2S. The second-order valence-electron chi connectivity index (χ2n) is 6.83. The summed E-state index contributed by atoms with van der Waals surface area (Å²) in [4.78, 5) is 24.8. The van der Waals surface area contributed by atoms with E-state index in [-0.39, 0.29) is 24.0 Å². The first-order chi connectivity index (χ1) is 15.4. The second kappa shape index (κ2) is 11.2. The van der Waals surface area contributed by atoms with Gasteiger partial charge >= 0.3 is 0 Å². The summed E-state index contributed by atoms with van der Waals surface area (Å²) in [6.45, 7) is 6.05. The molecule has 0 aliphatic carbocycles. The maximum atomic E-state index is 12.5. The molecule has 0 radical (unpaired) electrons. The number of amides is 2. The summed E-state index contributed by atoms with van der Waals surface area (Å²) < 4.78 is 1.76. The Kier molecular flexibility index (Phi) is 8.33. The van der Waals surface area contributed by atoms with Crippen LogP contribution in [0.4, 0.5) is 11.4 Å². The van der Waals surface area contributed by atoms with Crippen LogP contribution in [0, 0.1) is 6.92 Å². The lowest BCUT2D eigenvalue weighted by molar-refractivity contribution is -0.116. The number of aromatic nitrogens is 3. The van der Waals surface area contributed by atoms with Crippen molar-refractivity contribution in [2.24, 2.45) is 0 Å². The van der Waals surface area contributed by atoms with Gasteiger partial charge in [-0.2, -0.15) is 0 Å². The number of rotatable bonds is 9. The van der Waals surface area contributed by atoms with Gasteiger partial charge in [0.05, 0.1) is 12.2 Å². The SMILES string of the molecule is C=CCn1c(CC(=O)Nc2ccc(C)c(Cl)c2)nnc1SCC(=O)Nc1cccc(Cl)c1. The van der Waals surface area contributed by atoms with Gasteiger partial charge in [0, 0.05) is 28.0 Å². The lowest BCUT2D eigenvalue weighted by Gasteiger charge is -2.09. The summed E-state index contributed by atoms with van der Waals surface area (Å²) in [6, 6.07) is 12.2. The quantitative estimate of drug-likeness (QED) is 0.326. The van der Waals surface area contributed by atoms with Gasteiger partial charge in [0.25, 0.3) is 0 Å². The fourth-order valence-corrected chi connectivity index (χ4v) is 3.92. The van der Waals surface area contributed by atoms with E-state index in [1.165, 1.54) is 11.8 Å². The van der Waals surface area contributed by atoms with Crippen molar-refractivity contribution in [3.8, 4) is 0 Å². The van der Waals surface area contributed by atoms with Crippen LogP contribution >= 0.6 is 35.0 Å². The molecule has 2 aromatic carbocycles. The topological polar surface area (TPSA) is 88.9 Å². The molecule has 0 aliphatic rings. The molecule has 1 aromatic heterocycles. The molecule has 32 heavy (non-hydrogen) atoms. The fourth-order valence-electron chi connectivity index (χ4n) is 2.78. The van der Waals surface area contributed by atoms with Crippen LogP contribution in [-0.4, -0.2) is 32.3 Å². The Morgan fingerprint density at radius 1 is 1.09 bits per heavy atom. The van der Waals surface area contributed by atoms with Gasteiger partial charge in [0.2, 0.25) is 11.8 Å². The van der Waals surface area contributed by atoms with E-state index in [0.717, 1.165) is 5.56 Å². The molecule has 166 valence electrons. The number of allylic oxidation sites excluding steroid dienone is 1. The number of nitrogens with one attached hydrogen (secondary N) is 2. The molecule has 0 saturated heterocycles. The van der Waals surface area contributed by atoms with Gasteiger partial charge in [-0.25, -0.2) is 0 Å². The van der Waals surface area contributed by atoms with Crippen LogP contribution in [0.25, 0.3) is 0 Å². The van der Waals surface area contributed by atoms with E-state index in [1.54, 1.807) is 47.0 Å². The normalized spacial score (nSPS) is 10.6. The maximum absolute atomic E-state index is 12.5. The minimum Gasteiger partial charge on any atom is -0.326 e. The maximum Gasteiger partial charge on any atom is 0.234 e. The summed E-state index contributed by atoms with van der Waals surface area (Å²) in [5, 5.41) is 15.5. The van der Waals surface area contributed by atoms with Gasteiger partial charge in [-0.15, -0.1) is 16.8 Å². The predicted molar refractivity (Wildman–Crippen MR) is 130 cm³/mol. The van der Waals surface area contributed by atoms with Gasteiger partial charge < -0.3 is 15.2 Å². The highest BCUT2D eigenvalue weighted by Gasteiger charge is 2.16. The van der Waals surface area contributed by atoms with Crippen LogP contribution in [0.2, 0.25) is 10.0 Å².